The van der Waals surface area contributed by atoms with Crippen molar-refractivity contribution in [3.63, 3.8) is 0 Å². The van der Waals surface area contributed by atoms with Gasteiger partial charge in [0.2, 0.25) is 0 Å². The Morgan fingerprint density at radius 3 is 3.00 bits per heavy atom. The van der Waals surface area contributed by atoms with Crippen molar-refractivity contribution in [2.45, 2.75) is 0 Å². The average Bonchev–Trinajstić information content (AvgIpc) is 2.46. The zero-order valence-electron chi connectivity index (χ0n) is 6.27. The molecule has 0 bridgehead atoms. The van der Waals surface area contributed by atoms with Crippen LogP contribution >= 0.6 is 12.2 Å². The first-order chi connectivity index (χ1) is 5.77. The normalized spacial score (nSPS) is 10.3. The van der Waals surface area contributed by atoms with E-state index >= 15 is 0 Å². The van der Waals surface area contributed by atoms with Gasteiger partial charge >= 0.3 is 0 Å². The van der Waals surface area contributed by atoms with E-state index in [2.05, 4.69) is 4.98 Å². The Kier molecular flexibility index (Phi) is 1.55. The van der Waals surface area contributed by atoms with Crippen molar-refractivity contribution >= 4 is 22.9 Å². The van der Waals surface area contributed by atoms with Crippen LogP contribution in [0.3, 0.4) is 0 Å². The molecule has 0 saturated carbocycles. The standard InChI is InChI=1S/C8H7N3S/c9-8(12)6-5-11-4-2-1-3-7(11)10-6/h1-5H,(H2,9,12). The van der Waals surface area contributed by atoms with Gasteiger partial charge in [-0.3, -0.25) is 0 Å². The molecule has 2 aromatic heterocycles. The first-order valence-corrected chi connectivity index (χ1v) is 3.92. The molecule has 0 fully saturated rings. The second-order valence-corrected chi connectivity index (χ2v) is 2.90. The maximum Gasteiger partial charge on any atom is 0.137 e. The van der Waals surface area contributed by atoms with E-state index in [1.165, 1.54) is 0 Å². The summed E-state index contributed by atoms with van der Waals surface area (Å²) in [6.45, 7) is 0. The summed E-state index contributed by atoms with van der Waals surface area (Å²) in [4.78, 5) is 4.54. The minimum atomic E-state index is 0.332. The molecule has 12 heavy (non-hydrogen) atoms. The van der Waals surface area contributed by atoms with Gasteiger partial charge in [0.05, 0.1) is 0 Å². The number of hydrogen-bond donors (Lipinski definition) is 1. The Morgan fingerprint density at radius 1 is 1.50 bits per heavy atom. The van der Waals surface area contributed by atoms with Gasteiger partial charge in [-0.05, 0) is 12.1 Å². The molecule has 0 radical (unpaired) electrons. The quantitative estimate of drug-likeness (QED) is 0.660. The topological polar surface area (TPSA) is 43.3 Å². The van der Waals surface area contributed by atoms with Gasteiger partial charge < -0.3 is 10.1 Å². The predicted octanol–water partition coefficient (Wildman–Crippen LogP) is 0.969. The average molecular weight is 177 g/mol. The second kappa shape index (κ2) is 2.57. The first-order valence-electron chi connectivity index (χ1n) is 3.51. The molecule has 0 aliphatic heterocycles. The molecule has 0 unspecified atom stereocenters. The highest BCUT2D eigenvalue weighted by molar-refractivity contribution is 7.80. The summed E-state index contributed by atoms with van der Waals surface area (Å²) in [6, 6.07) is 5.76. The lowest BCUT2D eigenvalue weighted by atomic mass is 10.5. The van der Waals surface area contributed by atoms with Crippen molar-refractivity contribution < 1.29 is 0 Å². The van der Waals surface area contributed by atoms with Crippen molar-refractivity contribution in [3.05, 3.63) is 36.3 Å². The van der Waals surface area contributed by atoms with E-state index in [0.29, 0.717) is 10.7 Å². The van der Waals surface area contributed by atoms with Crippen LogP contribution in [0.5, 0.6) is 0 Å². The van der Waals surface area contributed by atoms with Gasteiger partial charge in [0.1, 0.15) is 16.3 Å². The highest BCUT2D eigenvalue weighted by Gasteiger charge is 2.01. The number of aromatic nitrogens is 2. The summed E-state index contributed by atoms with van der Waals surface area (Å²) < 4.78 is 1.88. The lowest BCUT2D eigenvalue weighted by Crippen LogP contribution is -2.09. The molecular formula is C8H7N3S. The van der Waals surface area contributed by atoms with Gasteiger partial charge in [0.25, 0.3) is 0 Å². The SMILES string of the molecule is NC(=S)c1cn2ccccc2n1. The smallest absolute Gasteiger partial charge is 0.137 e. The molecule has 2 heterocycles. The fraction of sp³-hybridized carbons (Fsp3) is 0. The number of thiocarbonyl (C=S) groups is 1. The van der Waals surface area contributed by atoms with Gasteiger partial charge in [-0.2, -0.15) is 0 Å². The zero-order valence-corrected chi connectivity index (χ0v) is 7.08. The highest BCUT2D eigenvalue weighted by Crippen LogP contribution is 2.03. The molecule has 3 nitrogen and oxygen atoms in total. The van der Waals surface area contributed by atoms with Crippen LogP contribution in [0.2, 0.25) is 0 Å². The van der Waals surface area contributed by atoms with Crippen LogP contribution in [-0.2, 0) is 0 Å². The Bertz CT molecular complexity index is 400. The maximum atomic E-state index is 5.43. The summed E-state index contributed by atoms with van der Waals surface area (Å²) >= 11 is 4.80. The number of nitrogens with zero attached hydrogens (tertiary/aromatic N) is 2. The lowest BCUT2D eigenvalue weighted by Gasteiger charge is -1.86. The van der Waals surface area contributed by atoms with Crippen LogP contribution in [0, 0.1) is 0 Å². The van der Waals surface area contributed by atoms with E-state index in [1.807, 2.05) is 35.0 Å². The van der Waals surface area contributed by atoms with E-state index in [1.54, 1.807) is 0 Å². The summed E-state index contributed by atoms with van der Waals surface area (Å²) in [5.74, 6) is 0. The largest absolute Gasteiger partial charge is 0.388 e. The number of rotatable bonds is 1. The van der Waals surface area contributed by atoms with Crippen molar-refractivity contribution in [1.29, 1.82) is 0 Å². The molecule has 2 rings (SSSR count). The number of nitrogens with two attached hydrogens (primary N) is 1. The summed E-state index contributed by atoms with van der Waals surface area (Å²) in [5.41, 5.74) is 6.96. The molecule has 2 aromatic rings. The monoisotopic (exact) mass is 177 g/mol. The summed E-state index contributed by atoms with van der Waals surface area (Å²) in [7, 11) is 0. The van der Waals surface area contributed by atoms with Crippen molar-refractivity contribution in [1.82, 2.24) is 9.38 Å². The fourth-order valence-electron chi connectivity index (χ4n) is 1.05. The van der Waals surface area contributed by atoms with Crippen molar-refractivity contribution in [2.24, 2.45) is 5.73 Å². The maximum absolute atomic E-state index is 5.43. The number of hydrogen-bond acceptors (Lipinski definition) is 2. The lowest BCUT2D eigenvalue weighted by molar-refractivity contribution is 1.19. The third-order valence-corrected chi connectivity index (χ3v) is 1.83. The Labute approximate surface area is 74.8 Å². The van der Waals surface area contributed by atoms with E-state index < -0.39 is 0 Å². The van der Waals surface area contributed by atoms with Crippen LogP contribution in [0.25, 0.3) is 5.65 Å². The van der Waals surface area contributed by atoms with Crippen LogP contribution in [0.1, 0.15) is 5.69 Å². The predicted molar refractivity (Wildman–Crippen MR) is 51.1 cm³/mol. The number of pyridine rings is 1. The van der Waals surface area contributed by atoms with Crippen LogP contribution in [-0.4, -0.2) is 14.4 Å². The summed E-state index contributed by atoms with van der Waals surface area (Å²) in [5, 5.41) is 0. The Morgan fingerprint density at radius 2 is 2.33 bits per heavy atom. The first kappa shape index (κ1) is 7.24. The molecule has 60 valence electrons. The molecule has 0 aromatic carbocycles. The Balaban J connectivity index is 2.70. The van der Waals surface area contributed by atoms with Gasteiger partial charge in [0.15, 0.2) is 0 Å². The van der Waals surface area contributed by atoms with E-state index in [-0.39, 0.29) is 0 Å². The molecule has 0 spiro atoms. The molecule has 0 amide bonds. The third-order valence-electron chi connectivity index (χ3n) is 1.62. The van der Waals surface area contributed by atoms with Crippen LogP contribution in [0.15, 0.2) is 30.6 Å². The molecule has 4 heteroatoms. The minimum Gasteiger partial charge on any atom is -0.388 e. The highest BCUT2D eigenvalue weighted by atomic mass is 32.1. The second-order valence-electron chi connectivity index (χ2n) is 2.46. The van der Waals surface area contributed by atoms with Gasteiger partial charge in [0, 0.05) is 12.4 Å². The molecule has 0 atom stereocenters. The molecule has 0 aliphatic rings. The fourth-order valence-corrected chi connectivity index (χ4v) is 1.15. The number of fused-ring (bicyclic) bond motifs is 1. The van der Waals surface area contributed by atoms with E-state index in [9.17, 15) is 0 Å². The van der Waals surface area contributed by atoms with E-state index in [0.717, 1.165) is 5.65 Å². The number of imidazole rings is 1. The van der Waals surface area contributed by atoms with Gasteiger partial charge in [-0.15, -0.1) is 0 Å². The van der Waals surface area contributed by atoms with Crippen molar-refractivity contribution in [3.8, 4) is 0 Å². The Hall–Kier alpha value is -1.42. The third kappa shape index (κ3) is 1.06. The van der Waals surface area contributed by atoms with Gasteiger partial charge in [-0.1, -0.05) is 18.3 Å². The van der Waals surface area contributed by atoms with Crippen molar-refractivity contribution in [2.75, 3.05) is 0 Å². The minimum absolute atomic E-state index is 0.332. The molecule has 0 aliphatic carbocycles. The van der Waals surface area contributed by atoms with Gasteiger partial charge in [-0.25, -0.2) is 4.98 Å². The van der Waals surface area contributed by atoms with Crippen LogP contribution in [0.4, 0.5) is 0 Å². The van der Waals surface area contributed by atoms with Crippen LogP contribution < -0.4 is 5.73 Å². The molecule has 2 N–H and O–H groups in total. The molecular weight excluding hydrogens is 170 g/mol. The zero-order chi connectivity index (χ0) is 8.55. The van der Waals surface area contributed by atoms with E-state index in [4.69, 9.17) is 18.0 Å². The molecule has 0 saturated heterocycles. The summed E-state index contributed by atoms with van der Waals surface area (Å²) in [6.07, 6.45) is 3.72.